The van der Waals surface area contributed by atoms with Gasteiger partial charge in [-0.2, -0.15) is 0 Å². The highest BCUT2D eigenvalue weighted by molar-refractivity contribution is 5.31. The quantitative estimate of drug-likeness (QED) is 0.915. The minimum absolute atomic E-state index is 0.255. The molecule has 0 bridgehead atoms. The minimum Gasteiger partial charge on any atom is -0.372 e. The van der Waals surface area contributed by atoms with Crippen LogP contribution in [-0.2, 0) is 11.2 Å². The van der Waals surface area contributed by atoms with Crippen LogP contribution in [0.2, 0.25) is 0 Å². The van der Waals surface area contributed by atoms with Gasteiger partial charge in [0.05, 0.1) is 12.7 Å². The maximum absolute atomic E-state index is 6.04. The van der Waals surface area contributed by atoms with Crippen LogP contribution in [0, 0.1) is 5.92 Å². The van der Waals surface area contributed by atoms with Gasteiger partial charge in [0.1, 0.15) is 0 Å². The Kier molecular flexibility index (Phi) is 4.39. The first-order chi connectivity index (χ1) is 9.74. The van der Waals surface area contributed by atoms with E-state index in [1.165, 1.54) is 11.1 Å². The zero-order valence-corrected chi connectivity index (χ0v) is 12.6. The second kappa shape index (κ2) is 6.25. The Balaban J connectivity index is 1.66. The van der Waals surface area contributed by atoms with Gasteiger partial charge >= 0.3 is 0 Å². The highest BCUT2D eigenvalue weighted by Gasteiger charge is 2.27. The van der Waals surface area contributed by atoms with E-state index in [2.05, 4.69) is 48.3 Å². The van der Waals surface area contributed by atoms with Crippen molar-refractivity contribution in [2.24, 2.45) is 5.92 Å². The number of benzene rings is 1. The molecule has 0 aliphatic carbocycles. The number of rotatable bonds is 3. The van der Waals surface area contributed by atoms with Crippen molar-refractivity contribution < 1.29 is 4.74 Å². The molecule has 0 radical (unpaired) electrons. The Labute approximate surface area is 122 Å². The average Bonchev–Trinajstić information content (AvgIpc) is 2.48. The van der Waals surface area contributed by atoms with Gasteiger partial charge in [0.2, 0.25) is 0 Å². The summed E-state index contributed by atoms with van der Waals surface area (Å²) in [5.41, 5.74) is 2.87. The van der Waals surface area contributed by atoms with Crippen molar-refractivity contribution in [2.45, 2.75) is 32.4 Å². The van der Waals surface area contributed by atoms with Gasteiger partial charge in [-0.15, -0.1) is 0 Å². The second-order valence-corrected chi connectivity index (χ2v) is 6.37. The van der Waals surface area contributed by atoms with Crippen molar-refractivity contribution >= 4 is 0 Å². The SMILES string of the molecule is CC(C)C1CN(CC2OCCc3ccccc32)CCN1. The highest BCUT2D eigenvalue weighted by Crippen LogP contribution is 2.28. The lowest BCUT2D eigenvalue weighted by Gasteiger charge is -2.38. The molecule has 0 spiro atoms. The minimum atomic E-state index is 0.255. The molecular formula is C17H26N2O. The second-order valence-electron chi connectivity index (χ2n) is 6.37. The maximum Gasteiger partial charge on any atom is 0.0954 e. The van der Waals surface area contributed by atoms with Crippen molar-refractivity contribution in [1.82, 2.24) is 10.2 Å². The lowest BCUT2D eigenvalue weighted by Crippen LogP contribution is -2.53. The molecule has 3 heteroatoms. The summed E-state index contributed by atoms with van der Waals surface area (Å²) in [5, 5.41) is 3.62. The third kappa shape index (κ3) is 3.05. The number of hydrogen-bond donors (Lipinski definition) is 1. The van der Waals surface area contributed by atoms with Crippen LogP contribution >= 0.6 is 0 Å². The van der Waals surface area contributed by atoms with Gasteiger partial charge in [-0.25, -0.2) is 0 Å². The fourth-order valence-electron chi connectivity index (χ4n) is 3.32. The zero-order chi connectivity index (χ0) is 13.9. The van der Waals surface area contributed by atoms with E-state index >= 15 is 0 Å². The molecule has 2 unspecified atom stereocenters. The number of nitrogens with zero attached hydrogens (tertiary/aromatic N) is 1. The molecular weight excluding hydrogens is 248 g/mol. The first-order valence-electron chi connectivity index (χ1n) is 7.89. The van der Waals surface area contributed by atoms with E-state index in [0.717, 1.165) is 39.2 Å². The Morgan fingerprint density at radius 1 is 1.35 bits per heavy atom. The Morgan fingerprint density at radius 2 is 2.20 bits per heavy atom. The summed E-state index contributed by atoms with van der Waals surface area (Å²) in [6, 6.07) is 9.37. The zero-order valence-electron chi connectivity index (χ0n) is 12.6. The third-order valence-corrected chi connectivity index (χ3v) is 4.61. The van der Waals surface area contributed by atoms with E-state index in [1.54, 1.807) is 0 Å². The first kappa shape index (κ1) is 14.1. The third-order valence-electron chi connectivity index (χ3n) is 4.61. The van der Waals surface area contributed by atoms with Crippen LogP contribution in [0.5, 0.6) is 0 Å². The number of fused-ring (bicyclic) bond motifs is 1. The lowest BCUT2D eigenvalue weighted by atomic mass is 9.96. The van der Waals surface area contributed by atoms with Crippen molar-refractivity contribution in [3.05, 3.63) is 35.4 Å². The molecule has 1 fully saturated rings. The lowest BCUT2D eigenvalue weighted by molar-refractivity contribution is 0.00822. The molecule has 1 saturated heterocycles. The summed E-state index contributed by atoms with van der Waals surface area (Å²) in [6.45, 7) is 9.85. The molecule has 0 amide bonds. The molecule has 0 saturated carbocycles. The maximum atomic E-state index is 6.04. The van der Waals surface area contributed by atoms with E-state index in [9.17, 15) is 0 Å². The van der Waals surface area contributed by atoms with Gasteiger partial charge in [-0.3, -0.25) is 4.90 Å². The fourth-order valence-corrected chi connectivity index (χ4v) is 3.32. The van der Waals surface area contributed by atoms with Crippen LogP contribution in [-0.4, -0.2) is 43.7 Å². The Morgan fingerprint density at radius 3 is 3.05 bits per heavy atom. The van der Waals surface area contributed by atoms with Gasteiger partial charge in [-0.05, 0) is 23.5 Å². The van der Waals surface area contributed by atoms with Gasteiger partial charge in [0, 0.05) is 32.2 Å². The summed E-state index contributed by atoms with van der Waals surface area (Å²) in [6.07, 6.45) is 1.31. The molecule has 0 aromatic heterocycles. The molecule has 110 valence electrons. The molecule has 1 aromatic rings. The predicted octanol–water partition coefficient (Wildman–Crippen LogP) is 2.23. The molecule has 3 rings (SSSR count). The standard InChI is InChI=1S/C17H26N2O/c1-13(2)16-11-19(9-8-18-16)12-17-15-6-4-3-5-14(15)7-10-20-17/h3-6,13,16-18H,7-12H2,1-2H3. The normalized spacial score (nSPS) is 27.6. The van der Waals surface area contributed by atoms with Crippen molar-refractivity contribution in [2.75, 3.05) is 32.8 Å². The largest absolute Gasteiger partial charge is 0.372 e. The predicted molar refractivity (Wildman–Crippen MR) is 81.9 cm³/mol. The summed E-state index contributed by atoms with van der Waals surface area (Å²) in [4.78, 5) is 2.56. The first-order valence-corrected chi connectivity index (χ1v) is 7.89. The molecule has 20 heavy (non-hydrogen) atoms. The van der Waals surface area contributed by atoms with E-state index < -0.39 is 0 Å². The van der Waals surface area contributed by atoms with Crippen LogP contribution in [0.3, 0.4) is 0 Å². The van der Waals surface area contributed by atoms with Crippen LogP contribution in [0.25, 0.3) is 0 Å². The van der Waals surface area contributed by atoms with Crippen molar-refractivity contribution in [1.29, 1.82) is 0 Å². The van der Waals surface area contributed by atoms with Crippen LogP contribution < -0.4 is 5.32 Å². The summed E-state index contributed by atoms with van der Waals surface area (Å²) >= 11 is 0. The van der Waals surface area contributed by atoms with Gasteiger partial charge in [0.25, 0.3) is 0 Å². The molecule has 2 aliphatic heterocycles. The summed E-state index contributed by atoms with van der Waals surface area (Å²) in [5.74, 6) is 0.692. The molecule has 2 atom stereocenters. The van der Waals surface area contributed by atoms with Crippen molar-refractivity contribution in [3.8, 4) is 0 Å². The van der Waals surface area contributed by atoms with Crippen molar-refractivity contribution in [3.63, 3.8) is 0 Å². The Bertz CT molecular complexity index is 446. The van der Waals surface area contributed by atoms with Crippen LogP contribution in [0.15, 0.2) is 24.3 Å². The highest BCUT2D eigenvalue weighted by atomic mass is 16.5. The van der Waals surface area contributed by atoms with E-state index in [1.807, 2.05) is 0 Å². The van der Waals surface area contributed by atoms with E-state index in [-0.39, 0.29) is 6.10 Å². The monoisotopic (exact) mass is 274 g/mol. The van der Waals surface area contributed by atoms with Crippen LogP contribution in [0.4, 0.5) is 0 Å². The molecule has 2 aliphatic rings. The van der Waals surface area contributed by atoms with E-state index in [4.69, 9.17) is 4.74 Å². The molecule has 2 heterocycles. The molecule has 3 nitrogen and oxygen atoms in total. The van der Waals surface area contributed by atoms with Gasteiger partial charge in [0.15, 0.2) is 0 Å². The smallest absolute Gasteiger partial charge is 0.0954 e. The van der Waals surface area contributed by atoms with Gasteiger partial charge in [-0.1, -0.05) is 38.1 Å². The Hall–Kier alpha value is -0.900. The van der Waals surface area contributed by atoms with Crippen LogP contribution in [0.1, 0.15) is 31.1 Å². The number of nitrogens with one attached hydrogen (secondary N) is 1. The average molecular weight is 274 g/mol. The molecule has 1 aromatic carbocycles. The molecule has 1 N–H and O–H groups in total. The topological polar surface area (TPSA) is 24.5 Å². The summed E-state index contributed by atoms with van der Waals surface area (Å²) in [7, 11) is 0. The number of piperazine rings is 1. The number of ether oxygens (including phenoxy) is 1. The summed E-state index contributed by atoms with van der Waals surface area (Å²) < 4.78 is 6.04. The fraction of sp³-hybridized carbons (Fsp3) is 0.647. The van der Waals surface area contributed by atoms with E-state index in [0.29, 0.717) is 12.0 Å². The number of hydrogen-bond acceptors (Lipinski definition) is 3. The van der Waals surface area contributed by atoms with Gasteiger partial charge < -0.3 is 10.1 Å².